The van der Waals surface area contributed by atoms with Gasteiger partial charge in [0, 0.05) is 16.0 Å². The summed E-state index contributed by atoms with van der Waals surface area (Å²) in [6, 6.07) is 11.5. The largest absolute Gasteiger partial charge is 0.298 e. The quantitative estimate of drug-likeness (QED) is 0.738. The van der Waals surface area contributed by atoms with Crippen molar-refractivity contribution in [2.45, 2.75) is 6.92 Å². The molecule has 0 unspecified atom stereocenters. The number of benzene rings is 1. The molecule has 0 bridgehead atoms. The second-order valence-electron chi connectivity index (χ2n) is 3.48. The highest BCUT2D eigenvalue weighted by atomic mass is 32.1. The van der Waals surface area contributed by atoms with Gasteiger partial charge in [0.1, 0.15) is 10.9 Å². The average molecular weight is 227 g/mol. The first-order valence-corrected chi connectivity index (χ1v) is 5.62. The van der Waals surface area contributed by atoms with Crippen LogP contribution in [-0.4, -0.2) is 6.29 Å². The monoisotopic (exact) mass is 227 g/mol. The number of hydrogen-bond donors (Lipinski definition) is 0. The SMILES string of the molecule is Cc1ccc(-c2ccc(C#N)s2)c(C=O)c1. The van der Waals surface area contributed by atoms with Crippen molar-refractivity contribution in [1.29, 1.82) is 5.26 Å². The predicted octanol–water partition coefficient (Wildman–Crippen LogP) is 3.41. The summed E-state index contributed by atoms with van der Waals surface area (Å²) >= 11 is 1.40. The number of rotatable bonds is 2. The summed E-state index contributed by atoms with van der Waals surface area (Å²) in [6.45, 7) is 1.95. The number of nitrogens with zero attached hydrogens (tertiary/aromatic N) is 1. The molecule has 0 saturated heterocycles. The lowest BCUT2D eigenvalue weighted by Gasteiger charge is -2.02. The molecule has 0 aliphatic heterocycles. The predicted molar refractivity (Wildman–Crippen MR) is 64.6 cm³/mol. The number of carbonyl (C=O) groups excluding carboxylic acids is 1. The third-order valence-electron chi connectivity index (χ3n) is 2.32. The van der Waals surface area contributed by atoms with E-state index in [-0.39, 0.29) is 0 Å². The van der Waals surface area contributed by atoms with Crippen LogP contribution in [-0.2, 0) is 0 Å². The Kier molecular flexibility index (Phi) is 2.84. The van der Waals surface area contributed by atoms with Gasteiger partial charge in [-0.2, -0.15) is 5.26 Å². The van der Waals surface area contributed by atoms with Crippen LogP contribution in [0, 0.1) is 18.3 Å². The van der Waals surface area contributed by atoms with Crippen LogP contribution in [0.25, 0.3) is 10.4 Å². The molecule has 0 radical (unpaired) electrons. The molecule has 1 heterocycles. The van der Waals surface area contributed by atoms with E-state index in [0.29, 0.717) is 10.4 Å². The Morgan fingerprint density at radius 3 is 2.75 bits per heavy atom. The van der Waals surface area contributed by atoms with Crippen LogP contribution in [0.4, 0.5) is 0 Å². The Balaban J connectivity index is 2.55. The Hall–Kier alpha value is -1.92. The van der Waals surface area contributed by atoms with E-state index in [1.807, 2.05) is 31.2 Å². The molecular formula is C13H9NOS. The van der Waals surface area contributed by atoms with Gasteiger partial charge in [-0.3, -0.25) is 4.79 Å². The van der Waals surface area contributed by atoms with E-state index in [0.717, 1.165) is 22.3 Å². The van der Waals surface area contributed by atoms with Crippen molar-refractivity contribution >= 4 is 17.6 Å². The van der Waals surface area contributed by atoms with Crippen LogP contribution in [0.3, 0.4) is 0 Å². The molecule has 2 aromatic rings. The van der Waals surface area contributed by atoms with Crippen LogP contribution in [0.15, 0.2) is 30.3 Å². The molecular weight excluding hydrogens is 218 g/mol. The highest BCUT2D eigenvalue weighted by Gasteiger charge is 2.07. The van der Waals surface area contributed by atoms with Crippen molar-refractivity contribution in [2.24, 2.45) is 0 Å². The third-order valence-corrected chi connectivity index (χ3v) is 3.34. The fraction of sp³-hybridized carbons (Fsp3) is 0.0769. The second-order valence-corrected chi connectivity index (χ2v) is 4.57. The molecule has 1 aromatic heterocycles. The Morgan fingerprint density at radius 2 is 2.12 bits per heavy atom. The molecule has 0 fully saturated rings. The molecule has 16 heavy (non-hydrogen) atoms. The van der Waals surface area contributed by atoms with Crippen molar-refractivity contribution in [2.75, 3.05) is 0 Å². The molecule has 0 spiro atoms. The summed E-state index contributed by atoms with van der Waals surface area (Å²) in [5.41, 5.74) is 2.63. The van der Waals surface area contributed by atoms with Gasteiger partial charge in [0.2, 0.25) is 0 Å². The van der Waals surface area contributed by atoms with Gasteiger partial charge in [-0.1, -0.05) is 17.7 Å². The summed E-state index contributed by atoms with van der Waals surface area (Å²) < 4.78 is 0. The van der Waals surface area contributed by atoms with Gasteiger partial charge in [-0.25, -0.2) is 0 Å². The van der Waals surface area contributed by atoms with Gasteiger partial charge in [0.25, 0.3) is 0 Å². The maximum absolute atomic E-state index is 11.0. The molecule has 3 heteroatoms. The van der Waals surface area contributed by atoms with Crippen molar-refractivity contribution < 1.29 is 4.79 Å². The van der Waals surface area contributed by atoms with Crippen molar-refractivity contribution in [3.8, 4) is 16.5 Å². The molecule has 0 N–H and O–H groups in total. The zero-order valence-corrected chi connectivity index (χ0v) is 9.54. The maximum Gasteiger partial charge on any atom is 0.150 e. The van der Waals surface area contributed by atoms with Crippen LogP contribution in [0.5, 0.6) is 0 Å². The zero-order chi connectivity index (χ0) is 11.5. The Morgan fingerprint density at radius 1 is 1.31 bits per heavy atom. The molecule has 78 valence electrons. The summed E-state index contributed by atoms with van der Waals surface area (Å²) in [7, 11) is 0. The molecule has 0 aliphatic carbocycles. The number of thiophene rings is 1. The van der Waals surface area contributed by atoms with E-state index in [1.165, 1.54) is 11.3 Å². The second kappa shape index (κ2) is 4.30. The van der Waals surface area contributed by atoms with Gasteiger partial charge in [-0.15, -0.1) is 11.3 Å². The average Bonchev–Trinajstić information content (AvgIpc) is 2.77. The smallest absolute Gasteiger partial charge is 0.150 e. The molecule has 2 nitrogen and oxygen atoms in total. The van der Waals surface area contributed by atoms with Crippen molar-refractivity contribution in [1.82, 2.24) is 0 Å². The Labute approximate surface area is 97.8 Å². The minimum absolute atomic E-state index is 0.660. The van der Waals surface area contributed by atoms with E-state index < -0.39 is 0 Å². The lowest BCUT2D eigenvalue weighted by molar-refractivity contribution is 0.112. The molecule has 0 saturated carbocycles. The van der Waals surface area contributed by atoms with E-state index in [4.69, 9.17) is 5.26 Å². The molecule has 0 aliphatic rings. The first-order valence-electron chi connectivity index (χ1n) is 4.80. The summed E-state index contributed by atoms with van der Waals surface area (Å²) in [6.07, 6.45) is 0.855. The normalized spacial score (nSPS) is 9.75. The van der Waals surface area contributed by atoms with Gasteiger partial charge in [-0.05, 0) is 25.1 Å². The Bertz CT molecular complexity index is 578. The molecule has 0 atom stereocenters. The van der Waals surface area contributed by atoms with Gasteiger partial charge in [0.05, 0.1) is 0 Å². The van der Waals surface area contributed by atoms with Crippen molar-refractivity contribution in [3.05, 3.63) is 46.3 Å². The first kappa shape index (κ1) is 10.6. The van der Waals surface area contributed by atoms with Crippen LogP contribution >= 0.6 is 11.3 Å². The van der Waals surface area contributed by atoms with E-state index in [2.05, 4.69) is 6.07 Å². The minimum Gasteiger partial charge on any atom is -0.298 e. The molecule has 1 aromatic carbocycles. The lowest BCUT2D eigenvalue weighted by atomic mass is 10.0. The number of carbonyl (C=O) groups is 1. The molecule has 0 amide bonds. The lowest BCUT2D eigenvalue weighted by Crippen LogP contribution is -1.86. The van der Waals surface area contributed by atoms with E-state index in [1.54, 1.807) is 6.07 Å². The summed E-state index contributed by atoms with van der Waals surface area (Å²) in [4.78, 5) is 12.6. The van der Waals surface area contributed by atoms with Gasteiger partial charge in [0.15, 0.2) is 6.29 Å². The molecule has 2 rings (SSSR count). The zero-order valence-electron chi connectivity index (χ0n) is 8.73. The topological polar surface area (TPSA) is 40.9 Å². The fourth-order valence-electron chi connectivity index (χ4n) is 1.55. The van der Waals surface area contributed by atoms with Crippen LogP contribution in [0.2, 0.25) is 0 Å². The fourth-order valence-corrected chi connectivity index (χ4v) is 2.40. The van der Waals surface area contributed by atoms with Crippen LogP contribution < -0.4 is 0 Å². The highest BCUT2D eigenvalue weighted by Crippen LogP contribution is 2.30. The summed E-state index contributed by atoms with van der Waals surface area (Å²) in [5.74, 6) is 0. The van der Waals surface area contributed by atoms with Gasteiger partial charge >= 0.3 is 0 Å². The van der Waals surface area contributed by atoms with E-state index >= 15 is 0 Å². The highest BCUT2D eigenvalue weighted by molar-refractivity contribution is 7.16. The van der Waals surface area contributed by atoms with Crippen LogP contribution in [0.1, 0.15) is 20.8 Å². The first-order chi connectivity index (χ1) is 7.74. The number of aldehydes is 1. The minimum atomic E-state index is 0.660. The standard InChI is InChI=1S/C13H9NOS/c1-9-2-4-12(10(6-9)8-15)13-5-3-11(7-14)16-13/h2-6,8H,1H3. The van der Waals surface area contributed by atoms with E-state index in [9.17, 15) is 4.79 Å². The number of hydrogen-bond acceptors (Lipinski definition) is 3. The van der Waals surface area contributed by atoms with Gasteiger partial charge < -0.3 is 0 Å². The summed E-state index contributed by atoms with van der Waals surface area (Å²) in [5, 5.41) is 8.76. The third kappa shape index (κ3) is 1.88. The number of nitriles is 1. The van der Waals surface area contributed by atoms with Crippen molar-refractivity contribution in [3.63, 3.8) is 0 Å². The maximum atomic E-state index is 11.0. The number of aryl methyl sites for hydroxylation is 1.